The summed E-state index contributed by atoms with van der Waals surface area (Å²) in [6.45, 7) is 0. The number of rotatable bonds is 6. The second-order valence-electron chi connectivity index (χ2n) is 5.28. The van der Waals surface area contributed by atoms with Crippen LogP contribution in [0.5, 0.6) is 0 Å². The summed E-state index contributed by atoms with van der Waals surface area (Å²) in [5.41, 5.74) is 6.50. The minimum absolute atomic E-state index is 0.0385. The number of primary amides is 1. The van der Waals surface area contributed by atoms with Gasteiger partial charge in [0.15, 0.2) is 0 Å². The molecule has 0 bridgehead atoms. The van der Waals surface area contributed by atoms with Crippen molar-refractivity contribution in [1.82, 2.24) is 10.2 Å². The van der Waals surface area contributed by atoms with Gasteiger partial charge in [0.25, 0.3) is 5.22 Å². The zero-order valence-corrected chi connectivity index (χ0v) is 15.9. The predicted molar refractivity (Wildman–Crippen MR) is 104 cm³/mol. The molecule has 138 valence electrons. The van der Waals surface area contributed by atoms with Crippen molar-refractivity contribution in [2.75, 3.05) is 11.1 Å². The molecular weight excluding hydrogens is 411 g/mol. The third-order valence-corrected chi connectivity index (χ3v) is 4.74. The molecule has 0 saturated heterocycles. The van der Waals surface area contributed by atoms with E-state index in [2.05, 4.69) is 15.5 Å². The van der Waals surface area contributed by atoms with E-state index in [9.17, 15) is 9.59 Å². The first-order chi connectivity index (χ1) is 12.9. The van der Waals surface area contributed by atoms with Crippen LogP contribution in [0.15, 0.2) is 52.1 Å². The van der Waals surface area contributed by atoms with E-state index in [-0.39, 0.29) is 27.5 Å². The normalized spacial score (nSPS) is 10.6. The largest absolute Gasteiger partial charge is 0.411 e. The van der Waals surface area contributed by atoms with Crippen LogP contribution in [0.4, 0.5) is 5.69 Å². The van der Waals surface area contributed by atoms with Gasteiger partial charge in [-0.1, -0.05) is 35.0 Å². The molecule has 0 saturated carbocycles. The molecular formula is C17H12Cl2N4O3S. The first-order valence-corrected chi connectivity index (χ1v) is 9.28. The molecule has 0 unspecified atom stereocenters. The van der Waals surface area contributed by atoms with Gasteiger partial charge in [-0.05, 0) is 42.5 Å². The van der Waals surface area contributed by atoms with Crippen molar-refractivity contribution in [1.29, 1.82) is 0 Å². The Morgan fingerprint density at radius 3 is 2.56 bits per heavy atom. The zero-order chi connectivity index (χ0) is 19.4. The van der Waals surface area contributed by atoms with Crippen molar-refractivity contribution in [2.24, 2.45) is 5.73 Å². The van der Waals surface area contributed by atoms with Gasteiger partial charge in [0.1, 0.15) is 0 Å². The number of nitrogens with zero attached hydrogens (tertiary/aromatic N) is 2. The topological polar surface area (TPSA) is 111 Å². The van der Waals surface area contributed by atoms with E-state index in [1.165, 1.54) is 12.1 Å². The molecule has 2 aromatic carbocycles. The van der Waals surface area contributed by atoms with Crippen molar-refractivity contribution in [3.63, 3.8) is 0 Å². The second kappa shape index (κ2) is 8.43. The van der Waals surface area contributed by atoms with Gasteiger partial charge in [-0.25, -0.2) is 0 Å². The molecule has 0 fully saturated rings. The number of anilines is 1. The summed E-state index contributed by atoms with van der Waals surface area (Å²) in [5, 5.41) is 11.6. The molecule has 2 amide bonds. The highest BCUT2D eigenvalue weighted by Crippen LogP contribution is 2.25. The number of hydrogen-bond acceptors (Lipinski definition) is 6. The number of benzene rings is 2. The summed E-state index contributed by atoms with van der Waals surface area (Å²) in [6.07, 6.45) is 0. The summed E-state index contributed by atoms with van der Waals surface area (Å²) >= 11 is 12.8. The first-order valence-electron chi connectivity index (χ1n) is 7.54. The maximum absolute atomic E-state index is 12.1. The van der Waals surface area contributed by atoms with Gasteiger partial charge in [0.2, 0.25) is 17.7 Å². The van der Waals surface area contributed by atoms with Crippen LogP contribution in [0.1, 0.15) is 10.4 Å². The van der Waals surface area contributed by atoms with E-state index in [1.54, 1.807) is 30.3 Å². The Balaban J connectivity index is 1.59. The van der Waals surface area contributed by atoms with Crippen LogP contribution in [0.2, 0.25) is 10.0 Å². The third kappa shape index (κ3) is 5.00. The quantitative estimate of drug-likeness (QED) is 0.583. The molecule has 0 atom stereocenters. The Morgan fingerprint density at radius 1 is 1.11 bits per heavy atom. The van der Waals surface area contributed by atoms with Crippen molar-refractivity contribution < 1.29 is 14.0 Å². The van der Waals surface area contributed by atoms with Crippen molar-refractivity contribution in [3.8, 4) is 11.5 Å². The SMILES string of the molecule is NC(=O)c1cc(NC(=O)CSc2nnc(-c3ccc(Cl)cc3)o2)ccc1Cl. The summed E-state index contributed by atoms with van der Waals surface area (Å²) in [5.74, 6) is -0.620. The van der Waals surface area contributed by atoms with Gasteiger partial charge < -0.3 is 15.5 Å². The maximum Gasteiger partial charge on any atom is 0.277 e. The highest BCUT2D eigenvalue weighted by Gasteiger charge is 2.13. The van der Waals surface area contributed by atoms with Gasteiger partial charge in [0, 0.05) is 16.3 Å². The van der Waals surface area contributed by atoms with Crippen LogP contribution >= 0.6 is 35.0 Å². The highest BCUT2D eigenvalue weighted by atomic mass is 35.5. The fourth-order valence-corrected chi connectivity index (χ4v) is 2.99. The maximum atomic E-state index is 12.1. The van der Waals surface area contributed by atoms with Crippen LogP contribution in [0.25, 0.3) is 11.5 Å². The number of nitrogens with two attached hydrogens (primary N) is 1. The summed E-state index contributed by atoms with van der Waals surface area (Å²) in [6, 6.07) is 11.4. The Bertz CT molecular complexity index is 992. The number of nitrogens with one attached hydrogen (secondary N) is 1. The third-order valence-electron chi connectivity index (χ3n) is 3.34. The number of carbonyl (C=O) groups is 2. The minimum atomic E-state index is -0.675. The van der Waals surface area contributed by atoms with Gasteiger partial charge in [-0.2, -0.15) is 0 Å². The molecule has 0 spiro atoms. The second-order valence-corrected chi connectivity index (χ2v) is 7.05. The summed E-state index contributed by atoms with van der Waals surface area (Å²) in [4.78, 5) is 23.4. The molecule has 1 aromatic heterocycles. The van der Waals surface area contributed by atoms with Crippen LogP contribution in [0, 0.1) is 0 Å². The molecule has 10 heteroatoms. The van der Waals surface area contributed by atoms with E-state index in [4.69, 9.17) is 33.4 Å². The van der Waals surface area contributed by atoms with E-state index in [1.807, 2.05) is 0 Å². The lowest BCUT2D eigenvalue weighted by Gasteiger charge is -2.06. The highest BCUT2D eigenvalue weighted by molar-refractivity contribution is 7.99. The standard InChI is InChI=1S/C17H12Cl2N4O3S/c18-10-3-1-9(2-4-10)16-22-23-17(26-16)27-8-14(24)21-11-5-6-13(19)12(7-11)15(20)25/h1-7H,8H2,(H2,20,25)(H,21,24). The molecule has 1 heterocycles. The van der Waals surface area contributed by atoms with Crippen molar-refractivity contribution in [2.45, 2.75) is 5.22 Å². The van der Waals surface area contributed by atoms with Gasteiger partial charge in [0.05, 0.1) is 16.3 Å². The van der Waals surface area contributed by atoms with Crippen LogP contribution in [-0.4, -0.2) is 27.8 Å². The number of halogens is 2. The fraction of sp³-hybridized carbons (Fsp3) is 0.0588. The molecule has 0 radical (unpaired) electrons. The first kappa shape index (κ1) is 19.2. The lowest BCUT2D eigenvalue weighted by atomic mass is 10.2. The number of amides is 2. The Morgan fingerprint density at radius 2 is 1.85 bits per heavy atom. The molecule has 0 aliphatic rings. The van der Waals surface area contributed by atoms with E-state index < -0.39 is 5.91 Å². The minimum Gasteiger partial charge on any atom is -0.411 e. The number of thioether (sulfide) groups is 1. The molecule has 3 rings (SSSR count). The van der Waals surface area contributed by atoms with Crippen LogP contribution in [-0.2, 0) is 4.79 Å². The van der Waals surface area contributed by atoms with Gasteiger partial charge in [-0.3, -0.25) is 9.59 Å². The Kier molecular flexibility index (Phi) is 6.00. The molecule has 0 aliphatic heterocycles. The van der Waals surface area contributed by atoms with E-state index >= 15 is 0 Å². The lowest BCUT2D eigenvalue weighted by molar-refractivity contribution is -0.113. The summed E-state index contributed by atoms with van der Waals surface area (Å²) in [7, 11) is 0. The average Bonchev–Trinajstić information content (AvgIpc) is 3.11. The molecule has 3 aromatic rings. The summed E-state index contributed by atoms with van der Waals surface area (Å²) < 4.78 is 5.52. The molecule has 7 nitrogen and oxygen atoms in total. The number of aromatic nitrogens is 2. The fourth-order valence-electron chi connectivity index (χ4n) is 2.09. The van der Waals surface area contributed by atoms with Gasteiger partial charge >= 0.3 is 0 Å². The Labute approximate surface area is 168 Å². The Hall–Kier alpha value is -2.55. The van der Waals surface area contributed by atoms with Crippen molar-refractivity contribution in [3.05, 3.63) is 58.1 Å². The average molecular weight is 423 g/mol. The zero-order valence-electron chi connectivity index (χ0n) is 13.6. The van der Waals surface area contributed by atoms with Gasteiger partial charge in [-0.15, -0.1) is 10.2 Å². The molecule has 27 heavy (non-hydrogen) atoms. The van der Waals surface area contributed by atoms with E-state index in [0.717, 1.165) is 17.3 Å². The van der Waals surface area contributed by atoms with Crippen molar-refractivity contribution >= 4 is 52.5 Å². The number of hydrogen-bond donors (Lipinski definition) is 2. The van der Waals surface area contributed by atoms with Crippen LogP contribution < -0.4 is 11.1 Å². The lowest BCUT2D eigenvalue weighted by Crippen LogP contribution is -2.16. The monoisotopic (exact) mass is 422 g/mol. The molecule has 3 N–H and O–H groups in total. The molecule has 0 aliphatic carbocycles. The van der Waals surface area contributed by atoms with E-state index in [0.29, 0.717) is 16.6 Å². The predicted octanol–water partition coefficient (Wildman–Crippen LogP) is 3.87. The smallest absolute Gasteiger partial charge is 0.277 e. The van der Waals surface area contributed by atoms with Crippen LogP contribution in [0.3, 0.4) is 0 Å². The number of carbonyl (C=O) groups excluding carboxylic acids is 2.